The molecule has 0 bridgehead atoms. The molecule has 0 aromatic heterocycles. The minimum absolute atomic E-state index is 0.00790. The van der Waals surface area contributed by atoms with Crippen molar-refractivity contribution in [3.63, 3.8) is 0 Å². The van der Waals surface area contributed by atoms with Gasteiger partial charge in [-0.1, -0.05) is 60.1 Å². The number of carbonyl (C=O) groups excluding carboxylic acids is 2. The van der Waals surface area contributed by atoms with E-state index in [1.807, 2.05) is 26.0 Å². The van der Waals surface area contributed by atoms with Crippen molar-refractivity contribution in [1.29, 1.82) is 0 Å². The average Bonchev–Trinajstić information content (AvgIpc) is 2.82. The molecule has 0 aliphatic heterocycles. The lowest BCUT2D eigenvalue weighted by molar-refractivity contribution is -0.164. The highest BCUT2D eigenvalue weighted by Gasteiger charge is 2.69. The van der Waals surface area contributed by atoms with Crippen molar-refractivity contribution in [3.05, 3.63) is 34.8 Å². The SMILES string of the molecule is [C-]#[N+]C1=C[C@]2(C)C3=CC(=O)[C@@H]4[C@@H]5CC(C)(C)CC[C@]5(NCCC(F)(F)F)CC[C@@]4(C)[C@]3(C)CC[C@H]2C(C)(C)C1=O. The van der Waals surface area contributed by atoms with Gasteiger partial charge in [0.25, 0.3) is 0 Å². The van der Waals surface area contributed by atoms with Gasteiger partial charge in [0.15, 0.2) is 11.6 Å². The van der Waals surface area contributed by atoms with Gasteiger partial charge in [-0.05, 0) is 79.1 Å². The van der Waals surface area contributed by atoms with E-state index in [1.165, 1.54) is 0 Å². The second-order valence-electron chi connectivity index (χ2n) is 15.7. The Kier molecular flexibility index (Phi) is 6.49. The fourth-order valence-electron chi connectivity index (χ4n) is 10.4. The zero-order valence-corrected chi connectivity index (χ0v) is 25.1. The zero-order valence-electron chi connectivity index (χ0n) is 25.1. The molecular weight excluding hydrogens is 513 g/mol. The van der Waals surface area contributed by atoms with Gasteiger partial charge in [-0.2, -0.15) is 13.2 Å². The third-order valence-electron chi connectivity index (χ3n) is 12.7. The predicted molar refractivity (Wildman–Crippen MR) is 149 cm³/mol. The first-order chi connectivity index (χ1) is 18.3. The smallest absolute Gasteiger partial charge is 0.311 e. The van der Waals surface area contributed by atoms with Gasteiger partial charge in [-0.3, -0.25) is 4.79 Å². The summed E-state index contributed by atoms with van der Waals surface area (Å²) in [5, 5.41) is 3.40. The number of halogens is 3. The quantitative estimate of drug-likeness (QED) is 0.359. The highest BCUT2D eigenvalue weighted by Crippen LogP contribution is 2.73. The number of allylic oxidation sites excluding steroid dienone is 4. The third-order valence-corrected chi connectivity index (χ3v) is 12.7. The minimum atomic E-state index is -4.22. The van der Waals surface area contributed by atoms with Gasteiger partial charge in [-0.25, -0.2) is 4.85 Å². The number of fused-ring (bicyclic) bond motifs is 7. The summed E-state index contributed by atoms with van der Waals surface area (Å²) in [7, 11) is 0. The summed E-state index contributed by atoms with van der Waals surface area (Å²) in [6, 6.07) is 0. The van der Waals surface area contributed by atoms with Crippen LogP contribution in [0.1, 0.15) is 99.8 Å². The molecule has 0 spiro atoms. The van der Waals surface area contributed by atoms with E-state index in [0.717, 1.165) is 50.5 Å². The number of alkyl halides is 3. The van der Waals surface area contributed by atoms with Crippen LogP contribution >= 0.6 is 0 Å². The van der Waals surface area contributed by atoms with Crippen LogP contribution < -0.4 is 5.32 Å². The van der Waals surface area contributed by atoms with Crippen LogP contribution in [0.25, 0.3) is 4.85 Å². The Labute approximate surface area is 237 Å². The first-order valence-electron chi connectivity index (χ1n) is 15.0. The van der Waals surface area contributed by atoms with Gasteiger partial charge in [0, 0.05) is 28.8 Å². The van der Waals surface area contributed by atoms with Crippen molar-refractivity contribution in [1.82, 2.24) is 5.32 Å². The van der Waals surface area contributed by atoms with E-state index in [4.69, 9.17) is 6.57 Å². The highest BCUT2D eigenvalue weighted by molar-refractivity contribution is 6.03. The van der Waals surface area contributed by atoms with Crippen LogP contribution in [0.3, 0.4) is 0 Å². The average molecular weight is 559 g/mol. The molecule has 5 aliphatic rings. The van der Waals surface area contributed by atoms with Crippen molar-refractivity contribution in [2.24, 2.45) is 44.8 Å². The molecule has 7 heteroatoms. The summed E-state index contributed by atoms with van der Waals surface area (Å²) in [4.78, 5) is 31.3. The number of ketones is 2. The van der Waals surface area contributed by atoms with Crippen molar-refractivity contribution >= 4 is 11.6 Å². The molecule has 5 aliphatic carbocycles. The number of carbonyl (C=O) groups is 2. The van der Waals surface area contributed by atoms with Gasteiger partial charge < -0.3 is 10.1 Å². The number of hydrogen-bond acceptors (Lipinski definition) is 3. The van der Waals surface area contributed by atoms with Crippen molar-refractivity contribution in [2.45, 2.75) is 112 Å². The highest BCUT2D eigenvalue weighted by atomic mass is 19.4. The Bertz CT molecular complexity index is 1240. The van der Waals surface area contributed by atoms with E-state index in [2.05, 4.69) is 44.8 Å². The van der Waals surface area contributed by atoms with Gasteiger partial charge in [0.1, 0.15) is 0 Å². The first-order valence-corrected chi connectivity index (χ1v) is 15.0. The molecule has 0 aromatic rings. The zero-order chi connectivity index (χ0) is 29.7. The fraction of sp³-hybridized carbons (Fsp3) is 0.788. The maximum atomic E-state index is 14.4. The lowest BCUT2D eigenvalue weighted by Gasteiger charge is -2.69. The van der Waals surface area contributed by atoms with Gasteiger partial charge in [-0.15, -0.1) is 0 Å². The Morgan fingerprint density at radius 2 is 1.65 bits per heavy atom. The van der Waals surface area contributed by atoms with Crippen molar-refractivity contribution in [3.8, 4) is 0 Å². The van der Waals surface area contributed by atoms with Crippen LogP contribution in [0, 0.1) is 51.4 Å². The molecule has 0 amide bonds. The maximum absolute atomic E-state index is 14.4. The molecule has 7 atom stereocenters. The summed E-state index contributed by atoms with van der Waals surface area (Å²) in [5.41, 5.74) is -1.23. The molecule has 0 heterocycles. The Balaban J connectivity index is 1.62. The summed E-state index contributed by atoms with van der Waals surface area (Å²) >= 11 is 0. The van der Waals surface area contributed by atoms with Crippen LogP contribution in [0.15, 0.2) is 23.4 Å². The van der Waals surface area contributed by atoms with Gasteiger partial charge in [0.05, 0.1) is 13.0 Å². The van der Waals surface area contributed by atoms with E-state index in [0.29, 0.717) is 0 Å². The standard InChI is InChI=1S/C33H45F3N2O2/c1-27(2)11-13-32(38-16-15-33(34,35)36)14-12-31(7)25(20(32)18-27)22(39)17-24-29(5)19-21(37-8)26(40)28(3,4)23(29)9-10-30(24,31)6/h17,19-20,23,25,38H,9-16,18H2,1-7H3/t20-,23-,25-,29-,30+,31+,32-/m0/s1. The van der Waals surface area contributed by atoms with Crippen LogP contribution in [0.4, 0.5) is 13.2 Å². The third kappa shape index (κ3) is 4.02. The summed E-state index contributed by atoms with van der Waals surface area (Å²) in [6.45, 7) is 22.6. The van der Waals surface area contributed by atoms with Crippen LogP contribution in [0.2, 0.25) is 0 Å². The summed E-state index contributed by atoms with van der Waals surface area (Å²) in [6.07, 6.45) is 4.32. The first kappa shape index (κ1) is 29.5. The van der Waals surface area contributed by atoms with E-state index in [-0.39, 0.29) is 57.8 Å². The molecule has 40 heavy (non-hydrogen) atoms. The predicted octanol–water partition coefficient (Wildman–Crippen LogP) is 7.85. The largest absolute Gasteiger partial charge is 0.390 e. The topological polar surface area (TPSA) is 50.5 Å². The van der Waals surface area contributed by atoms with Crippen LogP contribution in [0.5, 0.6) is 0 Å². The van der Waals surface area contributed by atoms with Crippen LogP contribution in [-0.4, -0.2) is 29.8 Å². The van der Waals surface area contributed by atoms with Crippen LogP contribution in [-0.2, 0) is 9.59 Å². The molecule has 0 radical (unpaired) electrons. The summed E-state index contributed by atoms with van der Waals surface area (Å²) < 4.78 is 39.4. The number of nitrogens with one attached hydrogen (secondary N) is 1. The van der Waals surface area contributed by atoms with Crippen molar-refractivity contribution in [2.75, 3.05) is 6.54 Å². The van der Waals surface area contributed by atoms with Gasteiger partial charge >= 0.3 is 6.18 Å². The number of rotatable bonds is 3. The molecular formula is C33H45F3N2O2. The Hall–Kier alpha value is -1.94. The monoisotopic (exact) mass is 558 g/mol. The Morgan fingerprint density at radius 1 is 1.00 bits per heavy atom. The van der Waals surface area contributed by atoms with E-state index in [1.54, 1.807) is 0 Å². The van der Waals surface area contributed by atoms with Crippen molar-refractivity contribution < 1.29 is 22.8 Å². The second kappa shape index (κ2) is 8.79. The Morgan fingerprint density at radius 3 is 2.27 bits per heavy atom. The normalized spacial score (nSPS) is 43.8. The van der Waals surface area contributed by atoms with E-state index >= 15 is 0 Å². The molecule has 220 valence electrons. The molecule has 0 unspecified atom stereocenters. The lowest BCUT2D eigenvalue weighted by atomic mass is 9.35. The molecule has 5 rings (SSSR count). The molecule has 0 saturated heterocycles. The summed E-state index contributed by atoms with van der Waals surface area (Å²) in [5.74, 6) is -0.373. The molecule has 0 aromatic carbocycles. The minimum Gasteiger partial charge on any atom is -0.311 e. The molecule has 1 N–H and O–H groups in total. The maximum Gasteiger partial charge on any atom is 0.390 e. The van der Waals surface area contributed by atoms with E-state index in [9.17, 15) is 22.8 Å². The fourth-order valence-corrected chi connectivity index (χ4v) is 10.4. The van der Waals surface area contributed by atoms with E-state index < -0.39 is 29.0 Å². The number of Topliss-reactive ketones (excluding diaryl/α,β-unsaturated/α-hetero) is 1. The second-order valence-corrected chi connectivity index (χ2v) is 15.7. The molecule has 4 nitrogen and oxygen atoms in total. The molecule has 3 saturated carbocycles. The number of nitrogens with zero attached hydrogens (tertiary/aromatic N) is 1. The lowest BCUT2D eigenvalue weighted by Crippen LogP contribution is -2.69. The van der Waals surface area contributed by atoms with Gasteiger partial charge in [0.2, 0.25) is 5.70 Å². The number of hydrogen-bond donors (Lipinski definition) is 1. The molecule has 3 fully saturated rings.